The Morgan fingerprint density at radius 1 is 0.857 bits per heavy atom. The number of hydrogen-bond donors (Lipinski definition) is 2. The monoisotopic (exact) mass is 370 g/mol. The number of aliphatic imine (C=N–C) groups is 1. The van der Waals surface area contributed by atoms with E-state index in [2.05, 4.69) is 4.99 Å². The van der Waals surface area contributed by atoms with Gasteiger partial charge < -0.3 is 10.2 Å². The quantitative estimate of drug-likeness (QED) is 0.520. The number of para-hydroxylation sites is 2. The summed E-state index contributed by atoms with van der Waals surface area (Å²) in [7, 11) is 0. The van der Waals surface area contributed by atoms with Crippen molar-refractivity contribution in [2.45, 2.75) is 6.92 Å². The zero-order chi connectivity index (χ0) is 19.7. The lowest BCUT2D eigenvalue weighted by atomic mass is 10.1. The Labute approximate surface area is 161 Å². The molecule has 0 aliphatic heterocycles. The van der Waals surface area contributed by atoms with Crippen LogP contribution in [-0.4, -0.2) is 20.5 Å². The predicted molar refractivity (Wildman–Crippen MR) is 111 cm³/mol. The highest BCUT2D eigenvalue weighted by Crippen LogP contribution is 2.29. The second kappa shape index (κ2) is 7.04. The fourth-order valence-corrected chi connectivity index (χ4v) is 3.26. The van der Waals surface area contributed by atoms with E-state index in [-0.39, 0.29) is 22.6 Å². The highest BCUT2D eigenvalue weighted by Gasteiger charge is 2.19. The van der Waals surface area contributed by atoms with Crippen LogP contribution in [0.15, 0.2) is 88.6 Å². The van der Waals surface area contributed by atoms with Gasteiger partial charge in [0.1, 0.15) is 17.1 Å². The molecule has 3 aromatic carbocycles. The first-order valence-corrected chi connectivity index (χ1v) is 8.83. The number of hydrogen-bond acceptors (Lipinski definition) is 4. The highest BCUT2D eigenvalue weighted by atomic mass is 16.3. The van der Waals surface area contributed by atoms with Gasteiger partial charge in [0.2, 0.25) is 0 Å². The van der Waals surface area contributed by atoms with E-state index < -0.39 is 0 Å². The molecule has 0 aliphatic carbocycles. The van der Waals surface area contributed by atoms with Crippen LogP contribution in [-0.2, 0) is 0 Å². The first-order chi connectivity index (χ1) is 13.6. The fraction of sp³-hybridized carbons (Fsp3) is 0.0435. The first-order valence-electron chi connectivity index (χ1n) is 8.83. The molecule has 5 nitrogen and oxygen atoms in total. The van der Waals surface area contributed by atoms with Crippen LogP contribution in [0.5, 0.6) is 11.5 Å². The van der Waals surface area contributed by atoms with Crippen LogP contribution in [0.25, 0.3) is 16.6 Å². The number of nitrogens with zero attached hydrogens (tertiary/aromatic N) is 2. The minimum absolute atomic E-state index is 0.0900. The van der Waals surface area contributed by atoms with Crippen molar-refractivity contribution in [3.05, 3.63) is 94.8 Å². The Morgan fingerprint density at radius 3 is 2.21 bits per heavy atom. The summed E-state index contributed by atoms with van der Waals surface area (Å²) in [5.74, 6) is 0.0457. The van der Waals surface area contributed by atoms with Gasteiger partial charge in [-0.25, -0.2) is 0 Å². The third kappa shape index (κ3) is 3.03. The Bertz CT molecular complexity index is 1240. The Balaban J connectivity index is 2.02. The third-order valence-electron chi connectivity index (χ3n) is 4.58. The smallest absolute Gasteiger partial charge is 0.268 e. The van der Waals surface area contributed by atoms with E-state index in [1.807, 2.05) is 42.5 Å². The molecule has 5 heteroatoms. The minimum Gasteiger partial charge on any atom is -0.508 e. The molecule has 0 amide bonds. The molecular weight excluding hydrogens is 352 g/mol. The van der Waals surface area contributed by atoms with Crippen LogP contribution < -0.4 is 5.56 Å². The maximum Gasteiger partial charge on any atom is 0.268 e. The molecule has 0 saturated carbocycles. The van der Waals surface area contributed by atoms with Gasteiger partial charge in [-0.05, 0) is 55.5 Å². The molecule has 1 heterocycles. The molecule has 0 saturated heterocycles. The summed E-state index contributed by atoms with van der Waals surface area (Å²) in [6, 6.07) is 22.9. The summed E-state index contributed by atoms with van der Waals surface area (Å²) in [5.41, 5.74) is 2.11. The lowest BCUT2D eigenvalue weighted by Gasteiger charge is -2.15. The Morgan fingerprint density at radius 2 is 1.50 bits per heavy atom. The van der Waals surface area contributed by atoms with E-state index in [1.165, 1.54) is 12.1 Å². The molecule has 4 rings (SSSR count). The van der Waals surface area contributed by atoms with Gasteiger partial charge in [-0.15, -0.1) is 0 Å². The molecule has 0 unspecified atom stereocenters. The Kier molecular flexibility index (Phi) is 4.41. The highest BCUT2D eigenvalue weighted by molar-refractivity contribution is 6.06. The standard InChI is InChI=1S/C23H18N2O3/c1-15(24-16-11-13-18(26)14-12-16)21-22(27)19-9-5-6-10-20(19)25(23(21)28)17-7-3-2-4-8-17/h2-14,26-27H,1H3. The number of benzene rings is 3. The molecule has 28 heavy (non-hydrogen) atoms. The molecular formula is C23H18N2O3. The van der Waals surface area contributed by atoms with Crippen LogP contribution in [0.3, 0.4) is 0 Å². The van der Waals surface area contributed by atoms with E-state index in [0.717, 1.165) is 0 Å². The number of aromatic hydroxyl groups is 2. The summed E-state index contributed by atoms with van der Waals surface area (Å²) in [6.07, 6.45) is 0. The summed E-state index contributed by atoms with van der Waals surface area (Å²) >= 11 is 0. The van der Waals surface area contributed by atoms with Crippen molar-refractivity contribution in [3.8, 4) is 17.2 Å². The van der Waals surface area contributed by atoms with Crippen LogP contribution in [0, 0.1) is 0 Å². The number of aromatic nitrogens is 1. The molecule has 2 N–H and O–H groups in total. The number of pyridine rings is 1. The Hall–Kier alpha value is -3.86. The molecule has 0 fully saturated rings. The molecule has 4 aromatic rings. The maximum atomic E-state index is 13.4. The number of phenols is 1. The van der Waals surface area contributed by atoms with E-state index in [9.17, 15) is 15.0 Å². The van der Waals surface area contributed by atoms with E-state index in [4.69, 9.17) is 0 Å². The van der Waals surface area contributed by atoms with Gasteiger partial charge in [-0.1, -0.05) is 30.3 Å². The van der Waals surface area contributed by atoms with Gasteiger partial charge in [0.15, 0.2) is 0 Å². The summed E-state index contributed by atoms with van der Waals surface area (Å²) in [5, 5.41) is 20.9. The normalized spacial score (nSPS) is 11.7. The number of phenolic OH excluding ortho intramolecular Hbond substituents is 1. The van der Waals surface area contributed by atoms with Gasteiger partial charge in [0.05, 0.1) is 16.9 Å². The maximum absolute atomic E-state index is 13.4. The largest absolute Gasteiger partial charge is 0.508 e. The van der Waals surface area contributed by atoms with Gasteiger partial charge >= 0.3 is 0 Å². The van der Waals surface area contributed by atoms with Gasteiger partial charge in [0, 0.05) is 11.1 Å². The molecule has 0 spiro atoms. The van der Waals surface area contributed by atoms with Crippen molar-refractivity contribution in [2.75, 3.05) is 0 Å². The molecule has 0 aliphatic rings. The average molecular weight is 370 g/mol. The van der Waals surface area contributed by atoms with Crippen molar-refractivity contribution in [1.82, 2.24) is 4.57 Å². The zero-order valence-electron chi connectivity index (χ0n) is 15.2. The summed E-state index contributed by atoms with van der Waals surface area (Å²) in [4.78, 5) is 17.8. The van der Waals surface area contributed by atoms with E-state index in [1.54, 1.807) is 35.8 Å². The molecule has 0 bridgehead atoms. The van der Waals surface area contributed by atoms with Crippen LogP contribution in [0.2, 0.25) is 0 Å². The first kappa shape index (κ1) is 17.5. The van der Waals surface area contributed by atoms with E-state index >= 15 is 0 Å². The molecule has 138 valence electrons. The third-order valence-corrected chi connectivity index (χ3v) is 4.58. The van der Waals surface area contributed by atoms with Crippen molar-refractivity contribution < 1.29 is 10.2 Å². The van der Waals surface area contributed by atoms with Crippen LogP contribution >= 0.6 is 0 Å². The lowest BCUT2D eigenvalue weighted by Crippen LogP contribution is -2.25. The second-order valence-corrected chi connectivity index (χ2v) is 6.43. The second-order valence-electron chi connectivity index (χ2n) is 6.43. The van der Waals surface area contributed by atoms with E-state index in [0.29, 0.717) is 28.0 Å². The van der Waals surface area contributed by atoms with Gasteiger partial charge in [0.25, 0.3) is 5.56 Å². The van der Waals surface area contributed by atoms with Crippen molar-refractivity contribution in [1.29, 1.82) is 0 Å². The SMILES string of the molecule is CC(=Nc1ccc(O)cc1)c1c(O)c2ccccc2n(-c2ccccc2)c1=O. The topological polar surface area (TPSA) is 74.8 Å². The molecule has 0 atom stereocenters. The number of rotatable bonds is 3. The number of fused-ring (bicyclic) bond motifs is 1. The minimum atomic E-state index is -0.345. The summed E-state index contributed by atoms with van der Waals surface area (Å²) in [6.45, 7) is 1.69. The van der Waals surface area contributed by atoms with Crippen LogP contribution in [0.4, 0.5) is 5.69 Å². The average Bonchev–Trinajstić information content (AvgIpc) is 2.71. The van der Waals surface area contributed by atoms with Crippen molar-refractivity contribution in [3.63, 3.8) is 0 Å². The van der Waals surface area contributed by atoms with Crippen molar-refractivity contribution >= 4 is 22.3 Å². The van der Waals surface area contributed by atoms with Gasteiger partial charge in [-0.2, -0.15) is 0 Å². The molecule has 1 aromatic heterocycles. The fourth-order valence-electron chi connectivity index (χ4n) is 3.26. The van der Waals surface area contributed by atoms with Gasteiger partial charge in [-0.3, -0.25) is 14.4 Å². The summed E-state index contributed by atoms with van der Waals surface area (Å²) < 4.78 is 1.58. The van der Waals surface area contributed by atoms with Crippen LogP contribution in [0.1, 0.15) is 12.5 Å². The predicted octanol–water partition coefficient (Wildman–Crippen LogP) is 4.54. The zero-order valence-corrected chi connectivity index (χ0v) is 15.2. The van der Waals surface area contributed by atoms with Crippen molar-refractivity contribution in [2.24, 2.45) is 4.99 Å². The molecule has 0 radical (unpaired) electrons. The lowest BCUT2D eigenvalue weighted by molar-refractivity contribution is 0.475.